The zero-order valence-corrected chi connectivity index (χ0v) is 16.9. The molecule has 2 aromatic carbocycles. The second-order valence-electron chi connectivity index (χ2n) is 7.63. The standard InChI is InChI=1S/C21H25N3O3S/c1-22-12-14-23(15-13-22)21(25)18-6-8-20(9-7-18)28(26,27)24-11-10-17-4-2-3-5-19(17)16-24/h2-9H,10-16H2,1H3/p+1. The molecule has 2 heterocycles. The Hall–Kier alpha value is -2.22. The number of sulfonamides is 1. The molecule has 1 N–H and O–H groups in total. The van der Waals surface area contributed by atoms with E-state index >= 15 is 0 Å². The molecular formula is C21H26N3O3S+. The molecule has 6 nitrogen and oxygen atoms in total. The molecule has 1 fully saturated rings. The minimum atomic E-state index is -3.57. The van der Waals surface area contributed by atoms with Crippen LogP contribution in [0.1, 0.15) is 21.5 Å². The first-order valence-corrected chi connectivity index (χ1v) is 11.2. The van der Waals surface area contributed by atoms with Crippen LogP contribution in [0.15, 0.2) is 53.4 Å². The predicted molar refractivity (Wildman–Crippen MR) is 107 cm³/mol. The van der Waals surface area contributed by atoms with E-state index in [0.29, 0.717) is 18.7 Å². The number of nitrogens with zero attached hydrogens (tertiary/aromatic N) is 2. The molecule has 7 heteroatoms. The first kappa shape index (κ1) is 19.1. The average molecular weight is 401 g/mol. The number of rotatable bonds is 3. The quantitative estimate of drug-likeness (QED) is 0.812. The van der Waals surface area contributed by atoms with Crippen molar-refractivity contribution in [2.45, 2.75) is 17.9 Å². The maximum atomic E-state index is 13.0. The van der Waals surface area contributed by atoms with Gasteiger partial charge in [0.2, 0.25) is 10.0 Å². The minimum Gasteiger partial charge on any atom is -0.334 e. The number of hydrogen-bond donors (Lipinski definition) is 1. The van der Waals surface area contributed by atoms with Crippen molar-refractivity contribution in [3.63, 3.8) is 0 Å². The van der Waals surface area contributed by atoms with Gasteiger partial charge in [-0.3, -0.25) is 4.79 Å². The van der Waals surface area contributed by atoms with Crippen LogP contribution in [0.4, 0.5) is 0 Å². The van der Waals surface area contributed by atoms with Crippen LogP contribution in [0.25, 0.3) is 0 Å². The van der Waals surface area contributed by atoms with Gasteiger partial charge < -0.3 is 9.80 Å². The molecule has 28 heavy (non-hydrogen) atoms. The summed E-state index contributed by atoms with van der Waals surface area (Å²) in [7, 11) is -1.45. The van der Waals surface area contributed by atoms with Crippen LogP contribution in [-0.4, -0.2) is 63.3 Å². The Labute approximate surface area is 166 Å². The SMILES string of the molecule is C[NH+]1CCN(C(=O)c2ccc(S(=O)(=O)N3CCc4ccccc4C3)cc2)CC1. The zero-order valence-electron chi connectivity index (χ0n) is 16.1. The van der Waals surface area contributed by atoms with Gasteiger partial charge in [0, 0.05) is 18.7 Å². The third-order valence-electron chi connectivity index (χ3n) is 5.74. The fraction of sp³-hybridized carbons (Fsp3) is 0.381. The summed E-state index contributed by atoms with van der Waals surface area (Å²) in [6, 6.07) is 14.4. The number of likely N-dealkylation sites (N-methyl/N-ethyl adjacent to an activating group) is 1. The Morgan fingerprint density at radius 1 is 0.929 bits per heavy atom. The predicted octanol–water partition coefficient (Wildman–Crippen LogP) is 0.404. The molecule has 2 aliphatic rings. The lowest BCUT2D eigenvalue weighted by Gasteiger charge is -2.30. The van der Waals surface area contributed by atoms with Crippen molar-refractivity contribution in [3.05, 3.63) is 65.2 Å². The molecule has 0 unspecified atom stereocenters. The van der Waals surface area contributed by atoms with E-state index in [1.807, 2.05) is 23.1 Å². The molecular weight excluding hydrogens is 374 g/mol. The van der Waals surface area contributed by atoms with Gasteiger partial charge in [-0.2, -0.15) is 4.31 Å². The molecule has 0 radical (unpaired) electrons. The van der Waals surface area contributed by atoms with Crippen molar-refractivity contribution in [2.75, 3.05) is 39.8 Å². The highest BCUT2D eigenvalue weighted by Crippen LogP contribution is 2.25. The van der Waals surface area contributed by atoms with Crippen molar-refractivity contribution in [3.8, 4) is 0 Å². The van der Waals surface area contributed by atoms with E-state index in [4.69, 9.17) is 0 Å². The summed E-state index contributed by atoms with van der Waals surface area (Å²) in [5, 5.41) is 0. The molecule has 1 saturated heterocycles. The first-order chi connectivity index (χ1) is 13.4. The summed E-state index contributed by atoms with van der Waals surface area (Å²) < 4.78 is 27.6. The Kier molecular flexibility index (Phi) is 5.23. The summed E-state index contributed by atoms with van der Waals surface area (Å²) >= 11 is 0. The van der Waals surface area contributed by atoms with Crippen molar-refractivity contribution in [1.82, 2.24) is 9.21 Å². The number of carbonyl (C=O) groups is 1. The first-order valence-electron chi connectivity index (χ1n) is 9.73. The number of fused-ring (bicyclic) bond motifs is 1. The van der Waals surface area contributed by atoms with Crippen molar-refractivity contribution in [2.24, 2.45) is 0 Å². The number of carbonyl (C=O) groups excluding carboxylic acids is 1. The van der Waals surface area contributed by atoms with Crippen LogP contribution in [0.3, 0.4) is 0 Å². The smallest absolute Gasteiger partial charge is 0.254 e. The molecule has 0 aliphatic carbocycles. The largest absolute Gasteiger partial charge is 0.334 e. The number of quaternary nitrogens is 1. The van der Waals surface area contributed by atoms with E-state index in [1.165, 1.54) is 14.8 Å². The maximum absolute atomic E-state index is 13.0. The summed E-state index contributed by atoms with van der Waals surface area (Å²) in [6.07, 6.45) is 0.720. The lowest BCUT2D eigenvalue weighted by atomic mass is 10.0. The van der Waals surface area contributed by atoms with E-state index in [-0.39, 0.29) is 10.8 Å². The van der Waals surface area contributed by atoms with E-state index in [2.05, 4.69) is 13.1 Å². The molecule has 2 aliphatic heterocycles. The van der Waals surface area contributed by atoms with E-state index in [0.717, 1.165) is 38.2 Å². The second kappa shape index (κ2) is 7.66. The molecule has 0 bridgehead atoms. The van der Waals surface area contributed by atoms with Crippen LogP contribution in [0.2, 0.25) is 0 Å². The summed E-state index contributed by atoms with van der Waals surface area (Å²) in [6.45, 7) is 4.21. The maximum Gasteiger partial charge on any atom is 0.254 e. The van der Waals surface area contributed by atoms with Gasteiger partial charge in [-0.15, -0.1) is 0 Å². The third kappa shape index (κ3) is 3.70. The minimum absolute atomic E-state index is 0.0247. The highest BCUT2D eigenvalue weighted by Gasteiger charge is 2.29. The molecule has 0 saturated carbocycles. The summed E-state index contributed by atoms with van der Waals surface area (Å²) in [5.74, 6) is -0.0247. The Balaban J connectivity index is 1.49. The number of piperazine rings is 1. The molecule has 0 aromatic heterocycles. The highest BCUT2D eigenvalue weighted by atomic mass is 32.2. The molecule has 2 aromatic rings. The number of nitrogens with one attached hydrogen (secondary N) is 1. The van der Waals surface area contributed by atoms with E-state index in [9.17, 15) is 13.2 Å². The average Bonchev–Trinajstić information content (AvgIpc) is 2.73. The third-order valence-corrected chi connectivity index (χ3v) is 7.60. The zero-order chi connectivity index (χ0) is 19.7. The van der Waals surface area contributed by atoms with Gasteiger partial charge in [0.05, 0.1) is 38.1 Å². The van der Waals surface area contributed by atoms with Crippen molar-refractivity contribution < 1.29 is 18.1 Å². The Bertz CT molecular complexity index is 965. The molecule has 0 spiro atoms. The van der Waals surface area contributed by atoms with Crippen molar-refractivity contribution in [1.29, 1.82) is 0 Å². The normalized spacial score (nSPS) is 18.7. The lowest BCUT2D eigenvalue weighted by Crippen LogP contribution is -3.12. The van der Waals surface area contributed by atoms with Crippen LogP contribution in [-0.2, 0) is 23.0 Å². The topological polar surface area (TPSA) is 62.1 Å². The molecule has 4 rings (SSSR count). The number of benzene rings is 2. The van der Waals surface area contributed by atoms with Gasteiger partial charge in [0.1, 0.15) is 0 Å². The fourth-order valence-corrected chi connectivity index (χ4v) is 5.29. The van der Waals surface area contributed by atoms with E-state index in [1.54, 1.807) is 24.3 Å². The number of amides is 1. The molecule has 148 valence electrons. The number of hydrogen-bond acceptors (Lipinski definition) is 3. The Morgan fingerprint density at radius 3 is 2.25 bits per heavy atom. The molecule has 1 amide bonds. The van der Waals surface area contributed by atoms with Gasteiger partial charge in [0.25, 0.3) is 5.91 Å². The van der Waals surface area contributed by atoms with Gasteiger partial charge >= 0.3 is 0 Å². The van der Waals surface area contributed by atoms with Crippen molar-refractivity contribution >= 4 is 15.9 Å². The van der Waals surface area contributed by atoms with Crippen LogP contribution < -0.4 is 4.90 Å². The summed E-state index contributed by atoms with van der Waals surface area (Å²) in [5.41, 5.74) is 2.81. The van der Waals surface area contributed by atoms with Gasteiger partial charge in [-0.1, -0.05) is 24.3 Å². The highest BCUT2D eigenvalue weighted by molar-refractivity contribution is 7.89. The Morgan fingerprint density at radius 2 is 1.57 bits per heavy atom. The van der Waals surface area contributed by atoms with E-state index < -0.39 is 10.0 Å². The van der Waals surface area contributed by atoms with Crippen LogP contribution in [0, 0.1) is 0 Å². The van der Waals surface area contributed by atoms with Gasteiger partial charge in [0.15, 0.2) is 0 Å². The fourth-order valence-electron chi connectivity index (χ4n) is 3.87. The molecule has 0 atom stereocenters. The monoisotopic (exact) mass is 400 g/mol. The summed E-state index contributed by atoms with van der Waals surface area (Å²) in [4.78, 5) is 16.2. The van der Waals surface area contributed by atoms with Crippen LogP contribution >= 0.6 is 0 Å². The lowest BCUT2D eigenvalue weighted by molar-refractivity contribution is -0.883. The second-order valence-corrected chi connectivity index (χ2v) is 9.57. The van der Waals surface area contributed by atoms with Gasteiger partial charge in [-0.25, -0.2) is 8.42 Å². The van der Waals surface area contributed by atoms with Gasteiger partial charge in [-0.05, 0) is 41.8 Å². The van der Waals surface area contributed by atoms with Crippen LogP contribution in [0.5, 0.6) is 0 Å².